The number of carbonyl (C=O) groups is 2. The number of nitrogens with zero attached hydrogens (tertiary/aromatic N) is 4. The Bertz CT molecular complexity index is 1340. The number of benzene rings is 1. The van der Waals surface area contributed by atoms with Crippen molar-refractivity contribution >= 4 is 34.7 Å². The second-order valence-electron chi connectivity index (χ2n) is 9.40. The summed E-state index contributed by atoms with van der Waals surface area (Å²) in [7, 11) is 0. The summed E-state index contributed by atoms with van der Waals surface area (Å²) in [5.41, 5.74) is 3.33. The highest BCUT2D eigenvalue weighted by molar-refractivity contribution is 6.45. The van der Waals surface area contributed by atoms with E-state index in [1.807, 2.05) is 40.7 Å². The fourth-order valence-corrected chi connectivity index (χ4v) is 4.67. The fraction of sp³-hybridized carbons (Fsp3) is 0.333. The first-order chi connectivity index (χ1) is 16.6. The Labute approximate surface area is 210 Å². The number of amides is 2. The first-order valence-corrected chi connectivity index (χ1v) is 12.2. The van der Waals surface area contributed by atoms with E-state index in [9.17, 15) is 14.7 Å². The van der Waals surface area contributed by atoms with Crippen molar-refractivity contribution in [2.75, 3.05) is 6.54 Å². The molecule has 2 aromatic heterocycles. The zero-order valence-corrected chi connectivity index (χ0v) is 21.4. The van der Waals surface area contributed by atoms with Crippen LogP contribution in [0.3, 0.4) is 0 Å². The number of hydrogen-bond donors (Lipinski definition) is 0. The van der Waals surface area contributed by atoms with Gasteiger partial charge in [-0.2, -0.15) is 9.67 Å². The summed E-state index contributed by atoms with van der Waals surface area (Å²) >= 11 is 6.16. The SMILES string of the molecule is CCCc1nn(-c2cccc(Cl)c2)c([O-])c1C1=C([n+]2cc(C)cc(C)c2)C(=O)N(CC(C)C)C1=O. The van der Waals surface area contributed by atoms with E-state index >= 15 is 0 Å². The zero-order valence-electron chi connectivity index (χ0n) is 20.6. The van der Waals surface area contributed by atoms with Crippen molar-refractivity contribution in [3.05, 3.63) is 70.1 Å². The van der Waals surface area contributed by atoms with E-state index in [0.717, 1.165) is 17.5 Å². The van der Waals surface area contributed by atoms with Crippen LogP contribution in [-0.2, 0) is 16.0 Å². The van der Waals surface area contributed by atoms with Crippen LogP contribution in [0.1, 0.15) is 49.6 Å². The summed E-state index contributed by atoms with van der Waals surface area (Å²) in [6.45, 7) is 9.98. The summed E-state index contributed by atoms with van der Waals surface area (Å²) in [5.74, 6) is -1.25. The zero-order chi connectivity index (χ0) is 25.4. The van der Waals surface area contributed by atoms with Gasteiger partial charge in [0.25, 0.3) is 11.6 Å². The fourth-order valence-electron chi connectivity index (χ4n) is 4.49. The highest BCUT2D eigenvalue weighted by Crippen LogP contribution is 2.37. The molecule has 7 nitrogen and oxygen atoms in total. The van der Waals surface area contributed by atoms with Gasteiger partial charge in [0.1, 0.15) is 5.57 Å². The first kappa shape index (κ1) is 24.7. The minimum atomic E-state index is -0.467. The Kier molecular flexibility index (Phi) is 6.81. The molecule has 8 heteroatoms. The molecule has 0 fully saturated rings. The van der Waals surface area contributed by atoms with E-state index < -0.39 is 17.7 Å². The third kappa shape index (κ3) is 4.60. The Balaban J connectivity index is 2.02. The van der Waals surface area contributed by atoms with Crippen LogP contribution in [-0.4, -0.2) is 33.0 Å². The molecule has 0 radical (unpaired) electrons. The quantitative estimate of drug-likeness (QED) is 0.370. The van der Waals surface area contributed by atoms with Crippen molar-refractivity contribution in [3.63, 3.8) is 0 Å². The molecule has 0 saturated carbocycles. The Morgan fingerprint density at radius 2 is 1.77 bits per heavy atom. The molecule has 0 saturated heterocycles. The van der Waals surface area contributed by atoms with E-state index in [1.165, 1.54) is 9.58 Å². The lowest BCUT2D eigenvalue weighted by atomic mass is 10.0. The van der Waals surface area contributed by atoms with Crippen LogP contribution in [0.25, 0.3) is 17.0 Å². The summed E-state index contributed by atoms with van der Waals surface area (Å²) in [6.07, 6.45) is 4.81. The molecule has 0 bridgehead atoms. The topological polar surface area (TPSA) is 82.1 Å². The number of carbonyl (C=O) groups excluding carboxylic acids is 2. The second-order valence-corrected chi connectivity index (χ2v) is 9.84. The third-order valence-corrected chi connectivity index (χ3v) is 6.03. The molecule has 1 aliphatic heterocycles. The molecule has 0 aliphatic carbocycles. The molecule has 1 aliphatic rings. The van der Waals surface area contributed by atoms with Crippen LogP contribution >= 0.6 is 11.6 Å². The lowest BCUT2D eigenvalue weighted by Crippen LogP contribution is -2.41. The van der Waals surface area contributed by atoms with Crippen LogP contribution in [0.15, 0.2) is 42.7 Å². The van der Waals surface area contributed by atoms with E-state index in [4.69, 9.17) is 11.6 Å². The van der Waals surface area contributed by atoms with Gasteiger partial charge >= 0.3 is 5.91 Å². The minimum absolute atomic E-state index is 0.0729. The molecule has 182 valence electrons. The molecule has 3 aromatic rings. The van der Waals surface area contributed by atoms with E-state index in [2.05, 4.69) is 5.10 Å². The molecule has 3 heterocycles. The highest BCUT2D eigenvalue weighted by atomic mass is 35.5. The maximum absolute atomic E-state index is 13.8. The Hall–Kier alpha value is -3.45. The molecule has 1 aromatic carbocycles. The van der Waals surface area contributed by atoms with Gasteiger partial charge in [-0.3, -0.25) is 14.5 Å². The molecule has 35 heavy (non-hydrogen) atoms. The molecule has 4 rings (SSSR count). The number of hydrogen-bond acceptors (Lipinski definition) is 4. The maximum Gasteiger partial charge on any atom is 0.326 e. The van der Waals surface area contributed by atoms with Crippen LogP contribution < -0.4 is 9.67 Å². The minimum Gasteiger partial charge on any atom is -0.858 e. The van der Waals surface area contributed by atoms with Crippen LogP contribution in [0.5, 0.6) is 5.88 Å². The average molecular weight is 493 g/mol. The van der Waals surface area contributed by atoms with Gasteiger partial charge in [0, 0.05) is 28.3 Å². The van der Waals surface area contributed by atoms with Gasteiger partial charge < -0.3 is 5.11 Å². The number of aromatic nitrogens is 3. The van der Waals surface area contributed by atoms with Gasteiger partial charge in [-0.05, 0) is 56.3 Å². The van der Waals surface area contributed by atoms with Gasteiger partial charge in [-0.15, -0.1) is 0 Å². The molecular formula is C27H29ClN4O3. The molecule has 0 atom stereocenters. The highest BCUT2D eigenvalue weighted by Gasteiger charge is 2.46. The van der Waals surface area contributed by atoms with Crippen molar-refractivity contribution in [2.24, 2.45) is 5.92 Å². The largest absolute Gasteiger partial charge is 0.858 e. The van der Waals surface area contributed by atoms with Crippen LogP contribution in [0.4, 0.5) is 0 Å². The number of imide groups is 1. The van der Waals surface area contributed by atoms with Gasteiger partial charge in [0.05, 0.1) is 11.4 Å². The number of aryl methyl sites for hydroxylation is 3. The van der Waals surface area contributed by atoms with Crippen molar-refractivity contribution in [1.82, 2.24) is 14.7 Å². The van der Waals surface area contributed by atoms with Crippen molar-refractivity contribution < 1.29 is 19.3 Å². The monoisotopic (exact) mass is 492 g/mol. The lowest BCUT2D eigenvalue weighted by molar-refractivity contribution is -0.577. The van der Waals surface area contributed by atoms with Gasteiger partial charge in [-0.25, -0.2) is 4.68 Å². The normalized spacial score (nSPS) is 14.1. The summed E-state index contributed by atoms with van der Waals surface area (Å²) in [5, 5.41) is 18.8. The maximum atomic E-state index is 13.8. The average Bonchev–Trinajstić information content (AvgIpc) is 3.21. The first-order valence-electron chi connectivity index (χ1n) is 11.8. The van der Waals surface area contributed by atoms with E-state index in [1.54, 1.807) is 41.2 Å². The summed E-state index contributed by atoms with van der Waals surface area (Å²) in [6, 6.07) is 8.83. The van der Waals surface area contributed by atoms with Crippen LogP contribution in [0, 0.1) is 19.8 Å². The Morgan fingerprint density at radius 3 is 2.37 bits per heavy atom. The third-order valence-electron chi connectivity index (χ3n) is 5.80. The molecule has 2 amide bonds. The molecule has 0 unspecified atom stereocenters. The summed E-state index contributed by atoms with van der Waals surface area (Å²) < 4.78 is 2.94. The Morgan fingerprint density at radius 1 is 1.09 bits per heavy atom. The van der Waals surface area contributed by atoms with Gasteiger partial charge in [0.15, 0.2) is 12.4 Å². The molecule has 0 N–H and O–H groups in total. The van der Waals surface area contributed by atoms with Crippen molar-refractivity contribution in [2.45, 2.75) is 47.5 Å². The van der Waals surface area contributed by atoms with Crippen molar-refractivity contribution in [3.8, 4) is 11.6 Å². The predicted octanol–water partition coefficient (Wildman–Crippen LogP) is 3.85. The lowest BCUT2D eigenvalue weighted by Gasteiger charge is -2.17. The smallest absolute Gasteiger partial charge is 0.326 e. The van der Waals surface area contributed by atoms with Crippen LogP contribution in [0.2, 0.25) is 5.02 Å². The van der Waals surface area contributed by atoms with E-state index in [0.29, 0.717) is 22.8 Å². The number of rotatable bonds is 7. The van der Waals surface area contributed by atoms with Crippen molar-refractivity contribution in [1.29, 1.82) is 0 Å². The summed E-state index contributed by atoms with van der Waals surface area (Å²) in [4.78, 5) is 28.6. The number of pyridine rings is 1. The van der Waals surface area contributed by atoms with E-state index in [-0.39, 0.29) is 29.3 Å². The number of halogens is 1. The van der Waals surface area contributed by atoms with Gasteiger partial charge in [0.2, 0.25) is 0 Å². The predicted molar refractivity (Wildman–Crippen MR) is 133 cm³/mol. The second kappa shape index (κ2) is 9.66. The van der Waals surface area contributed by atoms with Gasteiger partial charge in [-0.1, -0.05) is 44.9 Å². The molecular weight excluding hydrogens is 464 g/mol. The standard InChI is InChI=1S/C27H29ClN4O3/c1-6-8-21-22(26(34)32(29-21)20-10-7-9-19(28)12-20)23-24(30-14-17(4)11-18(5)15-30)27(35)31(25(23)33)13-16(2)3/h7,9-12,14-16H,6,8,13H2,1-5H3. The molecule has 0 spiro atoms.